The fourth-order valence-electron chi connectivity index (χ4n) is 2.35. The number of aryl methyl sites for hydroxylation is 2. The highest BCUT2D eigenvalue weighted by atomic mass is 16.5. The number of aliphatic carboxylic acids is 1. The molecule has 0 spiro atoms. The number of ether oxygens (including phenoxy) is 1. The molecule has 1 aromatic heterocycles. The Balaban J connectivity index is 2.51. The van der Waals surface area contributed by atoms with Crippen LogP contribution in [0, 0.1) is 6.92 Å². The molecule has 1 N–H and O–H groups in total. The van der Waals surface area contributed by atoms with Crippen molar-refractivity contribution in [2.45, 2.75) is 46.1 Å². The van der Waals surface area contributed by atoms with Gasteiger partial charge < -0.3 is 14.3 Å². The lowest BCUT2D eigenvalue weighted by atomic mass is 10.0. The fourth-order valence-corrected chi connectivity index (χ4v) is 2.35. The van der Waals surface area contributed by atoms with Crippen molar-refractivity contribution in [3.05, 3.63) is 39.7 Å². The Morgan fingerprint density at radius 2 is 2.14 bits per heavy atom. The van der Waals surface area contributed by atoms with Crippen molar-refractivity contribution in [1.82, 2.24) is 0 Å². The summed E-state index contributed by atoms with van der Waals surface area (Å²) in [4.78, 5) is 22.7. The smallest absolute Gasteiger partial charge is 0.344 e. The van der Waals surface area contributed by atoms with Gasteiger partial charge in [0.15, 0.2) is 6.10 Å². The van der Waals surface area contributed by atoms with E-state index in [2.05, 4.69) is 6.92 Å². The molecule has 22 heavy (non-hydrogen) atoms. The number of carbonyl (C=O) groups is 1. The van der Waals surface area contributed by atoms with E-state index in [0.29, 0.717) is 16.9 Å². The fraction of sp³-hybridized carbons (Fsp3) is 0.412. The van der Waals surface area contributed by atoms with Gasteiger partial charge in [0.1, 0.15) is 11.3 Å². The molecule has 0 amide bonds. The molecule has 5 heteroatoms. The molecule has 0 fully saturated rings. The van der Waals surface area contributed by atoms with Gasteiger partial charge in [0.25, 0.3) is 0 Å². The Bertz CT molecular complexity index is 745. The average Bonchev–Trinajstić information content (AvgIpc) is 2.47. The first-order valence-corrected chi connectivity index (χ1v) is 7.39. The molecular weight excluding hydrogens is 284 g/mol. The largest absolute Gasteiger partial charge is 0.479 e. The van der Waals surface area contributed by atoms with Gasteiger partial charge in [0.2, 0.25) is 0 Å². The summed E-state index contributed by atoms with van der Waals surface area (Å²) in [5.41, 5.74) is 1.66. The first-order valence-electron chi connectivity index (χ1n) is 7.39. The number of carboxylic acid groups (broad SMARTS) is 1. The molecule has 1 heterocycles. The Kier molecular flexibility index (Phi) is 4.85. The van der Waals surface area contributed by atoms with E-state index in [0.717, 1.165) is 30.2 Å². The van der Waals surface area contributed by atoms with Gasteiger partial charge >= 0.3 is 11.6 Å². The quantitative estimate of drug-likeness (QED) is 0.829. The zero-order valence-electron chi connectivity index (χ0n) is 13.0. The maximum atomic E-state index is 11.8. The van der Waals surface area contributed by atoms with E-state index in [1.165, 1.54) is 13.0 Å². The second-order valence-corrected chi connectivity index (χ2v) is 5.36. The average molecular weight is 304 g/mol. The highest BCUT2D eigenvalue weighted by molar-refractivity contribution is 5.85. The van der Waals surface area contributed by atoms with Crippen molar-refractivity contribution >= 4 is 16.9 Å². The highest BCUT2D eigenvalue weighted by Gasteiger charge is 2.17. The van der Waals surface area contributed by atoms with Crippen LogP contribution in [0.15, 0.2) is 27.4 Å². The Morgan fingerprint density at radius 1 is 1.41 bits per heavy atom. The van der Waals surface area contributed by atoms with Gasteiger partial charge in [-0.05, 0) is 44.4 Å². The van der Waals surface area contributed by atoms with Crippen LogP contribution in [0.4, 0.5) is 0 Å². The first-order chi connectivity index (χ1) is 10.4. The molecule has 0 aliphatic carbocycles. The van der Waals surface area contributed by atoms with E-state index in [9.17, 15) is 9.59 Å². The van der Waals surface area contributed by atoms with E-state index in [4.69, 9.17) is 14.3 Å². The number of fused-ring (bicyclic) bond motifs is 1. The summed E-state index contributed by atoms with van der Waals surface area (Å²) in [5.74, 6) is -0.629. The minimum Gasteiger partial charge on any atom is -0.479 e. The predicted molar refractivity (Wildman–Crippen MR) is 83.6 cm³/mol. The Labute approximate surface area is 128 Å². The van der Waals surface area contributed by atoms with Crippen molar-refractivity contribution in [3.8, 4) is 5.75 Å². The molecule has 0 radical (unpaired) electrons. The molecule has 0 aliphatic rings. The van der Waals surface area contributed by atoms with Gasteiger partial charge in [0, 0.05) is 17.0 Å². The van der Waals surface area contributed by atoms with Crippen molar-refractivity contribution in [2.24, 2.45) is 0 Å². The maximum absolute atomic E-state index is 11.8. The number of unbranched alkanes of at least 4 members (excludes halogenated alkanes) is 1. The Morgan fingerprint density at radius 3 is 2.77 bits per heavy atom. The molecule has 2 rings (SSSR count). The molecule has 0 aliphatic heterocycles. The molecule has 1 aromatic carbocycles. The van der Waals surface area contributed by atoms with Gasteiger partial charge in [0.05, 0.1) is 0 Å². The molecule has 118 valence electrons. The van der Waals surface area contributed by atoms with Crippen LogP contribution in [0.2, 0.25) is 0 Å². The third-order valence-electron chi connectivity index (χ3n) is 3.65. The standard InChI is InChI=1S/C17H20O5/c1-4-5-6-12-9-15(18)22-16-10(2)14(8-7-13(12)16)21-11(3)17(19)20/h7-9,11H,4-6H2,1-3H3,(H,19,20). The molecule has 0 saturated heterocycles. The second-order valence-electron chi connectivity index (χ2n) is 5.36. The number of carboxylic acids is 1. The van der Waals surface area contributed by atoms with Crippen LogP contribution in [-0.2, 0) is 11.2 Å². The summed E-state index contributed by atoms with van der Waals surface area (Å²) in [7, 11) is 0. The normalized spacial score (nSPS) is 12.3. The summed E-state index contributed by atoms with van der Waals surface area (Å²) in [6.45, 7) is 5.32. The SMILES string of the molecule is CCCCc1cc(=O)oc2c(C)c(OC(C)C(=O)O)ccc12. The van der Waals surface area contributed by atoms with Gasteiger partial charge in [-0.25, -0.2) is 9.59 Å². The predicted octanol–water partition coefficient (Wildman–Crippen LogP) is 3.30. The highest BCUT2D eigenvalue weighted by Crippen LogP contribution is 2.29. The van der Waals surface area contributed by atoms with E-state index in [1.54, 1.807) is 13.0 Å². The lowest BCUT2D eigenvalue weighted by Gasteiger charge is -2.14. The Hall–Kier alpha value is -2.30. The van der Waals surface area contributed by atoms with Crippen LogP contribution in [0.3, 0.4) is 0 Å². The van der Waals surface area contributed by atoms with Gasteiger partial charge in [-0.3, -0.25) is 0 Å². The second kappa shape index (κ2) is 6.64. The summed E-state index contributed by atoms with van der Waals surface area (Å²) < 4.78 is 10.7. The van der Waals surface area contributed by atoms with E-state index in [1.807, 2.05) is 6.07 Å². The van der Waals surface area contributed by atoms with Gasteiger partial charge in [-0.15, -0.1) is 0 Å². The summed E-state index contributed by atoms with van der Waals surface area (Å²) in [5, 5.41) is 9.81. The van der Waals surface area contributed by atoms with Gasteiger partial charge in [-0.1, -0.05) is 13.3 Å². The number of benzene rings is 1. The molecule has 1 unspecified atom stereocenters. The number of hydrogen-bond donors (Lipinski definition) is 1. The monoisotopic (exact) mass is 304 g/mol. The van der Waals surface area contributed by atoms with Crippen LogP contribution in [0.1, 0.15) is 37.8 Å². The number of hydrogen-bond acceptors (Lipinski definition) is 4. The summed E-state index contributed by atoms with van der Waals surface area (Å²) in [6, 6.07) is 5.07. The third-order valence-corrected chi connectivity index (χ3v) is 3.65. The summed E-state index contributed by atoms with van der Waals surface area (Å²) in [6.07, 6.45) is 1.87. The van der Waals surface area contributed by atoms with Crippen LogP contribution < -0.4 is 10.4 Å². The van der Waals surface area contributed by atoms with Crippen molar-refractivity contribution in [1.29, 1.82) is 0 Å². The van der Waals surface area contributed by atoms with Crippen molar-refractivity contribution < 1.29 is 19.1 Å². The molecule has 0 bridgehead atoms. The summed E-state index contributed by atoms with van der Waals surface area (Å²) >= 11 is 0. The lowest BCUT2D eigenvalue weighted by molar-refractivity contribution is -0.144. The van der Waals surface area contributed by atoms with E-state index < -0.39 is 17.7 Å². The van der Waals surface area contributed by atoms with E-state index in [-0.39, 0.29) is 0 Å². The van der Waals surface area contributed by atoms with Crippen LogP contribution in [-0.4, -0.2) is 17.2 Å². The van der Waals surface area contributed by atoms with Crippen LogP contribution in [0.5, 0.6) is 5.75 Å². The topological polar surface area (TPSA) is 76.7 Å². The first kappa shape index (κ1) is 16.1. The molecule has 2 aromatic rings. The van der Waals surface area contributed by atoms with Gasteiger partial charge in [-0.2, -0.15) is 0 Å². The van der Waals surface area contributed by atoms with Crippen LogP contribution >= 0.6 is 0 Å². The number of rotatable bonds is 6. The minimum atomic E-state index is -1.04. The molecular formula is C17H20O5. The van der Waals surface area contributed by atoms with E-state index >= 15 is 0 Å². The third kappa shape index (κ3) is 3.30. The zero-order valence-corrected chi connectivity index (χ0v) is 13.0. The minimum absolute atomic E-state index is 0.398. The molecule has 0 saturated carbocycles. The maximum Gasteiger partial charge on any atom is 0.344 e. The van der Waals surface area contributed by atoms with Crippen LogP contribution in [0.25, 0.3) is 11.0 Å². The van der Waals surface area contributed by atoms with Crippen molar-refractivity contribution in [2.75, 3.05) is 0 Å². The lowest BCUT2D eigenvalue weighted by Crippen LogP contribution is -2.23. The molecule has 1 atom stereocenters. The van der Waals surface area contributed by atoms with Crippen molar-refractivity contribution in [3.63, 3.8) is 0 Å². The zero-order chi connectivity index (χ0) is 16.3. The molecule has 5 nitrogen and oxygen atoms in total.